The Kier molecular flexibility index (Phi) is 8.06. The van der Waals surface area contributed by atoms with E-state index in [0.29, 0.717) is 22.1 Å². The number of hydrogen-bond donors (Lipinski definition) is 1. The van der Waals surface area contributed by atoms with Gasteiger partial charge in [-0.2, -0.15) is 0 Å². The third-order valence-electron chi connectivity index (χ3n) is 5.30. The normalized spacial score (nSPS) is 12.0. The Morgan fingerprint density at radius 1 is 1.00 bits per heavy atom. The molecule has 0 radical (unpaired) electrons. The van der Waals surface area contributed by atoms with Crippen molar-refractivity contribution in [2.75, 3.05) is 24.8 Å². The molecule has 0 aliphatic heterocycles. The highest BCUT2D eigenvalue weighted by Crippen LogP contribution is 2.37. The van der Waals surface area contributed by atoms with Crippen molar-refractivity contribution in [3.8, 4) is 11.5 Å². The van der Waals surface area contributed by atoms with Gasteiger partial charge >= 0.3 is 0 Å². The van der Waals surface area contributed by atoms with Gasteiger partial charge in [0.05, 0.1) is 44.3 Å². The Morgan fingerprint density at radius 2 is 1.59 bits per heavy atom. The number of carbonyl (C=O) groups excluding carboxylic acids is 1. The molecule has 0 fully saturated rings. The molecule has 0 spiro atoms. The van der Waals surface area contributed by atoms with Gasteiger partial charge in [-0.3, -0.25) is 9.10 Å². The van der Waals surface area contributed by atoms with Crippen molar-refractivity contribution in [2.45, 2.75) is 19.5 Å². The molecule has 3 aromatic rings. The van der Waals surface area contributed by atoms with Gasteiger partial charge in [-0.15, -0.1) is 0 Å². The van der Waals surface area contributed by atoms with Crippen molar-refractivity contribution < 1.29 is 22.7 Å². The van der Waals surface area contributed by atoms with Crippen LogP contribution in [0.3, 0.4) is 0 Å². The van der Waals surface area contributed by atoms with Crippen LogP contribution in [0.5, 0.6) is 11.5 Å². The van der Waals surface area contributed by atoms with E-state index in [4.69, 9.17) is 21.1 Å². The number of methoxy groups -OCH3 is 2. The molecule has 1 N–H and O–H groups in total. The summed E-state index contributed by atoms with van der Waals surface area (Å²) in [5.41, 5.74) is 1.93. The summed E-state index contributed by atoms with van der Waals surface area (Å²) in [6.45, 7) is 1.86. The lowest BCUT2D eigenvalue weighted by Crippen LogP contribution is -2.33. The fourth-order valence-corrected chi connectivity index (χ4v) is 4.51. The summed E-state index contributed by atoms with van der Waals surface area (Å²) in [6.07, 6.45) is 1.09. The van der Waals surface area contributed by atoms with Gasteiger partial charge in [-0.1, -0.05) is 54.1 Å². The van der Waals surface area contributed by atoms with Crippen molar-refractivity contribution in [1.82, 2.24) is 5.32 Å². The van der Waals surface area contributed by atoms with Gasteiger partial charge in [-0.05, 0) is 36.2 Å². The predicted molar refractivity (Wildman–Crippen MR) is 134 cm³/mol. The molecule has 0 bridgehead atoms. The summed E-state index contributed by atoms with van der Waals surface area (Å²) < 4.78 is 37.7. The molecule has 1 amide bonds. The third-order valence-corrected chi connectivity index (χ3v) is 6.68. The molecule has 3 aromatic carbocycles. The summed E-state index contributed by atoms with van der Waals surface area (Å²) in [5.74, 6) is 0.163. The number of amides is 1. The average Bonchev–Trinajstić information content (AvgIpc) is 2.82. The van der Waals surface area contributed by atoms with E-state index in [9.17, 15) is 13.2 Å². The highest BCUT2D eigenvalue weighted by atomic mass is 35.5. The second-order valence-electron chi connectivity index (χ2n) is 7.73. The lowest BCUT2D eigenvalue weighted by molar-refractivity contribution is 0.0940. The minimum absolute atomic E-state index is 0.00000412. The number of nitrogens with one attached hydrogen (secondary N) is 1. The first-order chi connectivity index (χ1) is 16.1. The quantitative estimate of drug-likeness (QED) is 0.453. The zero-order chi connectivity index (χ0) is 24.9. The minimum Gasteiger partial charge on any atom is -0.493 e. The molecule has 3 rings (SSSR count). The molecule has 0 unspecified atom stereocenters. The van der Waals surface area contributed by atoms with Gasteiger partial charge in [0.25, 0.3) is 5.91 Å². The van der Waals surface area contributed by atoms with Crippen LogP contribution < -0.4 is 19.1 Å². The van der Waals surface area contributed by atoms with Crippen molar-refractivity contribution >= 4 is 33.2 Å². The van der Waals surface area contributed by atoms with E-state index in [1.165, 1.54) is 30.7 Å². The Labute approximate surface area is 205 Å². The SMILES string of the molecule is COc1cc(C(=O)N[C@H](C)c2ccccc2)c(N(Cc2ccc(Cl)cc2)S(C)(=O)=O)cc1OC. The van der Waals surface area contributed by atoms with Crippen molar-refractivity contribution in [3.05, 3.63) is 88.4 Å². The molecular formula is C25H27ClN2O5S. The van der Waals surface area contributed by atoms with E-state index >= 15 is 0 Å². The van der Waals surface area contributed by atoms with Gasteiger partial charge < -0.3 is 14.8 Å². The van der Waals surface area contributed by atoms with Crippen LogP contribution in [-0.4, -0.2) is 34.8 Å². The Hall–Kier alpha value is -3.23. The summed E-state index contributed by atoms with van der Waals surface area (Å²) in [6, 6.07) is 19.0. The maximum Gasteiger partial charge on any atom is 0.254 e. The summed E-state index contributed by atoms with van der Waals surface area (Å²) in [7, 11) is -0.884. The predicted octanol–water partition coefficient (Wildman–Crippen LogP) is 4.81. The summed E-state index contributed by atoms with van der Waals surface area (Å²) in [4.78, 5) is 13.4. The number of rotatable bonds is 9. The topological polar surface area (TPSA) is 84.9 Å². The first-order valence-corrected chi connectivity index (χ1v) is 12.7. The smallest absolute Gasteiger partial charge is 0.254 e. The van der Waals surface area contributed by atoms with E-state index in [1.807, 2.05) is 37.3 Å². The summed E-state index contributed by atoms with van der Waals surface area (Å²) in [5, 5.41) is 3.48. The number of sulfonamides is 1. The largest absolute Gasteiger partial charge is 0.493 e. The van der Waals surface area contributed by atoms with Crippen LogP contribution in [0.1, 0.15) is 34.5 Å². The number of nitrogens with zero attached hydrogens (tertiary/aromatic N) is 1. The number of benzene rings is 3. The Balaban J connectivity index is 2.09. The third kappa shape index (κ3) is 6.01. The first-order valence-electron chi connectivity index (χ1n) is 10.5. The molecule has 180 valence electrons. The molecule has 1 atom stereocenters. The number of carbonyl (C=O) groups is 1. The maximum absolute atomic E-state index is 13.4. The molecule has 0 saturated heterocycles. The number of ether oxygens (including phenoxy) is 2. The Bertz CT molecular complexity index is 1250. The van der Waals surface area contributed by atoms with Crippen molar-refractivity contribution in [1.29, 1.82) is 0 Å². The highest BCUT2D eigenvalue weighted by Gasteiger charge is 2.27. The molecule has 0 aromatic heterocycles. The standard InChI is InChI=1S/C25H27ClN2O5S/c1-17(19-8-6-5-7-9-19)27-25(29)21-14-23(32-2)24(33-3)15-22(21)28(34(4,30)31)16-18-10-12-20(26)13-11-18/h5-15,17H,16H2,1-4H3,(H,27,29)/t17-/m1/s1. The molecule has 0 heterocycles. The van der Waals surface area contributed by atoms with Crippen LogP contribution in [0, 0.1) is 0 Å². The minimum atomic E-state index is -3.78. The molecule has 0 saturated carbocycles. The average molecular weight is 503 g/mol. The monoisotopic (exact) mass is 502 g/mol. The number of hydrogen-bond acceptors (Lipinski definition) is 5. The number of anilines is 1. The van der Waals surface area contributed by atoms with Crippen molar-refractivity contribution in [2.24, 2.45) is 0 Å². The van der Waals surface area contributed by atoms with Crippen LogP contribution in [-0.2, 0) is 16.6 Å². The van der Waals surface area contributed by atoms with Crippen molar-refractivity contribution in [3.63, 3.8) is 0 Å². The van der Waals surface area contributed by atoms with Gasteiger partial charge in [0.1, 0.15) is 0 Å². The van der Waals surface area contributed by atoms with E-state index in [1.54, 1.807) is 24.3 Å². The lowest BCUT2D eigenvalue weighted by Gasteiger charge is -2.26. The van der Waals surface area contributed by atoms with Crippen LogP contribution in [0.25, 0.3) is 0 Å². The lowest BCUT2D eigenvalue weighted by atomic mass is 10.1. The van der Waals surface area contributed by atoms with E-state index in [0.717, 1.165) is 11.8 Å². The maximum atomic E-state index is 13.4. The highest BCUT2D eigenvalue weighted by molar-refractivity contribution is 7.92. The second kappa shape index (κ2) is 10.8. The fraction of sp³-hybridized carbons (Fsp3) is 0.240. The zero-order valence-corrected chi connectivity index (χ0v) is 21.0. The van der Waals surface area contributed by atoms with Crippen LogP contribution in [0.15, 0.2) is 66.7 Å². The molecule has 7 nitrogen and oxygen atoms in total. The Morgan fingerprint density at radius 3 is 2.15 bits per heavy atom. The number of halogens is 1. The van der Waals surface area contributed by atoms with Crippen LogP contribution in [0.4, 0.5) is 5.69 Å². The summed E-state index contributed by atoms with van der Waals surface area (Å²) >= 11 is 5.98. The molecule has 0 aliphatic rings. The van der Waals surface area contributed by atoms with E-state index in [2.05, 4.69) is 5.32 Å². The molecular weight excluding hydrogens is 476 g/mol. The van der Waals surface area contributed by atoms with Crippen LogP contribution >= 0.6 is 11.6 Å². The zero-order valence-electron chi connectivity index (χ0n) is 19.4. The van der Waals surface area contributed by atoms with Gasteiger partial charge in [0.2, 0.25) is 10.0 Å². The van der Waals surface area contributed by atoms with Gasteiger partial charge in [0, 0.05) is 11.1 Å². The fourth-order valence-electron chi connectivity index (χ4n) is 3.49. The van der Waals surface area contributed by atoms with E-state index < -0.39 is 15.9 Å². The van der Waals surface area contributed by atoms with Gasteiger partial charge in [0.15, 0.2) is 11.5 Å². The first kappa shape index (κ1) is 25.4. The molecule has 34 heavy (non-hydrogen) atoms. The molecule has 9 heteroatoms. The second-order valence-corrected chi connectivity index (χ2v) is 10.1. The van der Waals surface area contributed by atoms with E-state index in [-0.39, 0.29) is 23.8 Å². The molecule has 0 aliphatic carbocycles. The van der Waals surface area contributed by atoms with Gasteiger partial charge in [-0.25, -0.2) is 8.42 Å². The van der Waals surface area contributed by atoms with Crippen LogP contribution in [0.2, 0.25) is 5.02 Å².